The summed E-state index contributed by atoms with van der Waals surface area (Å²) in [6.45, 7) is 2.13. The van der Waals surface area contributed by atoms with Crippen LogP contribution >= 0.6 is 11.8 Å². The first kappa shape index (κ1) is 17.2. The van der Waals surface area contributed by atoms with Crippen molar-refractivity contribution in [1.82, 2.24) is 4.90 Å². The fourth-order valence-corrected chi connectivity index (χ4v) is 4.34. The summed E-state index contributed by atoms with van der Waals surface area (Å²) < 4.78 is 5.46. The van der Waals surface area contributed by atoms with Gasteiger partial charge in [0.15, 0.2) is 0 Å². The number of nitrogens with zero attached hydrogens (tertiary/aromatic N) is 2. The Kier molecular flexibility index (Phi) is 4.49. The Bertz CT molecular complexity index is 771. The molecule has 1 aromatic rings. The molecule has 3 heterocycles. The van der Waals surface area contributed by atoms with Gasteiger partial charge in [-0.2, -0.15) is 0 Å². The summed E-state index contributed by atoms with van der Waals surface area (Å²) in [4.78, 5) is 39.5. The van der Waals surface area contributed by atoms with E-state index in [2.05, 4.69) is 5.32 Å². The van der Waals surface area contributed by atoms with Gasteiger partial charge in [-0.3, -0.25) is 19.4 Å². The van der Waals surface area contributed by atoms with E-state index in [0.717, 1.165) is 4.90 Å². The Balaban J connectivity index is 1.41. The molecule has 2 saturated heterocycles. The van der Waals surface area contributed by atoms with E-state index in [0.29, 0.717) is 49.7 Å². The lowest BCUT2D eigenvalue weighted by Gasteiger charge is -2.20. The van der Waals surface area contributed by atoms with Gasteiger partial charge in [-0.25, -0.2) is 4.79 Å². The van der Waals surface area contributed by atoms with Gasteiger partial charge in [-0.1, -0.05) is 0 Å². The number of fused-ring (bicyclic) bond motifs is 1. The summed E-state index contributed by atoms with van der Waals surface area (Å²) in [5.41, 5.74) is 1.40. The maximum Gasteiger partial charge on any atom is 0.414 e. The van der Waals surface area contributed by atoms with Crippen molar-refractivity contribution in [2.45, 2.75) is 17.4 Å². The summed E-state index contributed by atoms with van der Waals surface area (Å²) in [6.07, 6.45) is -0.0872. The summed E-state index contributed by atoms with van der Waals surface area (Å²) in [6, 6.07) is 5.54. The molecule has 0 aliphatic carbocycles. The smallest absolute Gasteiger partial charge is 0.414 e. The predicted molar refractivity (Wildman–Crippen MR) is 95.6 cm³/mol. The van der Waals surface area contributed by atoms with Crippen molar-refractivity contribution in [2.24, 2.45) is 5.92 Å². The van der Waals surface area contributed by atoms with Crippen LogP contribution in [-0.4, -0.2) is 66.0 Å². The molecule has 26 heavy (non-hydrogen) atoms. The molecule has 2 atom stereocenters. The average molecular weight is 377 g/mol. The first-order valence-corrected chi connectivity index (χ1v) is 9.48. The van der Waals surface area contributed by atoms with Gasteiger partial charge in [0.05, 0.1) is 23.9 Å². The number of nitrogens with one attached hydrogen (secondary N) is 1. The third-order valence-electron chi connectivity index (χ3n) is 4.87. The van der Waals surface area contributed by atoms with Crippen molar-refractivity contribution >= 4 is 41.1 Å². The van der Waals surface area contributed by atoms with Crippen molar-refractivity contribution in [3.8, 4) is 0 Å². The van der Waals surface area contributed by atoms with Crippen molar-refractivity contribution in [3.05, 3.63) is 18.2 Å². The minimum Gasteiger partial charge on any atom is -0.481 e. The molecular weight excluding hydrogens is 358 g/mol. The van der Waals surface area contributed by atoms with E-state index in [1.54, 1.807) is 11.0 Å². The van der Waals surface area contributed by atoms with Gasteiger partial charge < -0.3 is 15.2 Å². The molecule has 9 heteroatoms. The molecular formula is C17H19N3O5S. The number of likely N-dealkylation sites (tertiary alicyclic amines) is 1. The highest BCUT2D eigenvalue weighted by Gasteiger charge is 2.36. The highest BCUT2D eigenvalue weighted by molar-refractivity contribution is 8.00. The van der Waals surface area contributed by atoms with Crippen LogP contribution in [0.1, 0.15) is 6.42 Å². The number of carbonyl (C=O) groups is 3. The van der Waals surface area contributed by atoms with E-state index >= 15 is 0 Å². The van der Waals surface area contributed by atoms with Crippen LogP contribution in [0.2, 0.25) is 0 Å². The normalized spacial score (nSPS) is 25.8. The van der Waals surface area contributed by atoms with E-state index < -0.39 is 12.1 Å². The van der Waals surface area contributed by atoms with Crippen LogP contribution in [-0.2, 0) is 14.3 Å². The van der Waals surface area contributed by atoms with Crippen molar-refractivity contribution in [1.29, 1.82) is 0 Å². The van der Waals surface area contributed by atoms with Crippen LogP contribution < -0.4 is 10.2 Å². The second-order valence-electron chi connectivity index (χ2n) is 6.72. The fraction of sp³-hybridized carbons (Fsp3) is 0.471. The number of aliphatic carboxylic acids is 1. The number of hydrogen-bond acceptors (Lipinski definition) is 6. The van der Waals surface area contributed by atoms with E-state index in [1.165, 1.54) is 11.8 Å². The molecule has 138 valence electrons. The zero-order valence-electron chi connectivity index (χ0n) is 14.0. The third kappa shape index (κ3) is 3.36. The molecule has 2 N–H and O–H groups in total. The molecule has 0 bridgehead atoms. The van der Waals surface area contributed by atoms with E-state index in [-0.39, 0.29) is 17.9 Å². The number of hydrogen-bond donors (Lipinski definition) is 2. The minimum absolute atomic E-state index is 0.0523. The highest BCUT2D eigenvalue weighted by Crippen LogP contribution is 2.35. The van der Waals surface area contributed by atoms with Gasteiger partial charge in [0, 0.05) is 23.7 Å². The first-order chi connectivity index (χ1) is 12.5. The van der Waals surface area contributed by atoms with Gasteiger partial charge in [0.1, 0.15) is 6.10 Å². The molecule has 2 fully saturated rings. The number of carbonyl (C=O) groups excluding carboxylic acids is 2. The predicted octanol–water partition coefficient (Wildman–Crippen LogP) is 1.46. The number of benzene rings is 1. The Morgan fingerprint density at radius 2 is 2.19 bits per heavy atom. The fourth-order valence-electron chi connectivity index (χ4n) is 3.55. The van der Waals surface area contributed by atoms with E-state index in [4.69, 9.17) is 9.84 Å². The van der Waals surface area contributed by atoms with Crippen LogP contribution in [0.15, 0.2) is 23.1 Å². The number of ether oxygens (including phenoxy) is 1. The Morgan fingerprint density at radius 1 is 1.35 bits per heavy atom. The van der Waals surface area contributed by atoms with E-state index in [1.807, 2.05) is 17.0 Å². The molecule has 8 nitrogen and oxygen atoms in total. The summed E-state index contributed by atoms with van der Waals surface area (Å²) in [5.74, 6) is -0.770. The van der Waals surface area contributed by atoms with Gasteiger partial charge in [-0.05, 0) is 31.2 Å². The number of carboxylic acids is 1. The molecule has 3 aliphatic rings. The Morgan fingerprint density at radius 3 is 2.96 bits per heavy atom. The van der Waals surface area contributed by atoms with Crippen molar-refractivity contribution in [3.63, 3.8) is 0 Å². The van der Waals surface area contributed by atoms with Crippen LogP contribution in [0.25, 0.3) is 0 Å². The van der Waals surface area contributed by atoms with Crippen molar-refractivity contribution in [2.75, 3.05) is 42.1 Å². The number of cyclic esters (lactones) is 1. The standard InChI is InChI=1S/C17H19N3O5S/c21-15-9-26-14-2-1-11(5-13(14)18-15)20-8-12(25-17(20)24)7-19-4-3-10(6-19)16(22)23/h1-2,5,10,12H,3-4,6-9H2,(H,18,21)(H,22,23). The third-order valence-corrected chi connectivity index (χ3v) is 5.94. The largest absolute Gasteiger partial charge is 0.481 e. The van der Waals surface area contributed by atoms with Crippen LogP contribution in [0, 0.1) is 5.92 Å². The SMILES string of the molecule is O=C1CSc2ccc(N3CC(CN4CCC(C(=O)O)C4)OC3=O)cc2N1. The second kappa shape index (κ2) is 6.81. The molecule has 0 aromatic heterocycles. The molecule has 0 spiro atoms. The molecule has 2 unspecified atom stereocenters. The van der Waals surface area contributed by atoms with Crippen LogP contribution in [0.3, 0.4) is 0 Å². The second-order valence-corrected chi connectivity index (χ2v) is 7.73. The monoisotopic (exact) mass is 377 g/mol. The van der Waals surface area contributed by atoms with Crippen LogP contribution in [0.4, 0.5) is 16.2 Å². The molecule has 4 rings (SSSR count). The van der Waals surface area contributed by atoms with Crippen LogP contribution in [0.5, 0.6) is 0 Å². The maximum absolute atomic E-state index is 12.3. The first-order valence-electron chi connectivity index (χ1n) is 8.49. The maximum atomic E-state index is 12.3. The summed E-state index contributed by atoms with van der Waals surface area (Å²) in [5, 5.41) is 11.9. The highest BCUT2D eigenvalue weighted by atomic mass is 32.2. The Labute approximate surface area is 154 Å². The zero-order valence-corrected chi connectivity index (χ0v) is 14.8. The summed E-state index contributed by atoms with van der Waals surface area (Å²) >= 11 is 1.47. The topological polar surface area (TPSA) is 99.2 Å². The van der Waals surface area contributed by atoms with Gasteiger partial charge in [0.2, 0.25) is 5.91 Å². The molecule has 0 saturated carbocycles. The number of anilines is 2. The summed E-state index contributed by atoms with van der Waals surface area (Å²) in [7, 11) is 0. The van der Waals surface area contributed by atoms with E-state index in [9.17, 15) is 14.4 Å². The molecule has 0 radical (unpaired) electrons. The lowest BCUT2D eigenvalue weighted by molar-refractivity contribution is -0.141. The lowest BCUT2D eigenvalue weighted by Crippen LogP contribution is -2.34. The minimum atomic E-state index is -0.772. The lowest BCUT2D eigenvalue weighted by atomic mass is 10.1. The quantitative estimate of drug-likeness (QED) is 0.819. The average Bonchev–Trinajstić information content (AvgIpc) is 3.21. The van der Waals surface area contributed by atoms with Gasteiger partial charge in [-0.15, -0.1) is 11.8 Å². The number of rotatable bonds is 4. The zero-order chi connectivity index (χ0) is 18.3. The van der Waals surface area contributed by atoms with Gasteiger partial charge in [0.25, 0.3) is 0 Å². The van der Waals surface area contributed by atoms with Gasteiger partial charge >= 0.3 is 12.1 Å². The number of thioether (sulfide) groups is 1. The number of amides is 2. The Hall–Kier alpha value is -2.26. The molecule has 3 aliphatic heterocycles. The van der Waals surface area contributed by atoms with Crippen molar-refractivity contribution < 1.29 is 24.2 Å². The number of carboxylic acid groups (broad SMARTS) is 1. The molecule has 1 aromatic carbocycles. The molecule has 2 amide bonds.